The third-order valence-electron chi connectivity index (χ3n) is 1.30. The van der Waals surface area contributed by atoms with E-state index in [0.29, 0.717) is 5.75 Å². The van der Waals surface area contributed by atoms with Gasteiger partial charge < -0.3 is 14.6 Å². The molecule has 0 aliphatic rings. The summed E-state index contributed by atoms with van der Waals surface area (Å²) in [6.07, 6.45) is 2.34. The molecular formula is C8H11NO3. The summed E-state index contributed by atoms with van der Waals surface area (Å²) >= 11 is 0. The van der Waals surface area contributed by atoms with Crippen molar-refractivity contribution in [1.29, 1.82) is 0 Å². The number of hydrogen-bond acceptors (Lipinski definition) is 4. The van der Waals surface area contributed by atoms with E-state index in [0.717, 1.165) is 0 Å². The monoisotopic (exact) mass is 169 g/mol. The van der Waals surface area contributed by atoms with Crippen molar-refractivity contribution in [1.82, 2.24) is 4.98 Å². The van der Waals surface area contributed by atoms with Gasteiger partial charge in [-0.05, 0) is 12.1 Å². The number of rotatable bonds is 4. The Kier molecular flexibility index (Phi) is 3.50. The van der Waals surface area contributed by atoms with Crippen LogP contribution in [0.25, 0.3) is 0 Å². The van der Waals surface area contributed by atoms with Gasteiger partial charge in [0.2, 0.25) is 0 Å². The van der Waals surface area contributed by atoms with Crippen molar-refractivity contribution in [3.05, 3.63) is 24.5 Å². The summed E-state index contributed by atoms with van der Waals surface area (Å²) in [6.45, 7) is 0.113. The minimum Gasteiger partial charge on any atom is -0.487 e. The molecule has 0 amide bonds. The van der Waals surface area contributed by atoms with E-state index >= 15 is 0 Å². The van der Waals surface area contributed by atoms with E-state index < -0.39 is 6.29 Å². The van der Waals surface area contributed by atoms with Crippen LogP contribution in [0.2, 0.25) is 0 Å². The third kappa shape index (κ3) is 2.86. The predicted molar refractivity (Wildman–Crippen MR) is 42.7 cm³/mol. The second-order valence-electron chi connectivity index (χ2n) is 2.19. The van der Waals surface area contributed by atoms with E-state index in [-0.39, 0.29) is 6.61 Å². The maximum absolute atomic E-state index is 8.95. The molecular weight excluding hydrogens is 158 g/mol. The summed E-state index contributed by atoms with van der Waals surface area (Å²) in [4.78, 5) is 3.84. The summed E-state index contributed by atoms with van der Waals surface area (Å²) in [5.41, 5.74) is 0. The van der Waals surface area contributed by atoms with E-state index in [1.54, 1.807) is 24.5 Å². The van der Waals surface area contributed by atoms with Crippen LogP contribution in [0, 0.1) is 0 Å². The lowest BCUT2D eigenvalue weighted by molar-refractivity contribution is -0.0968. The zero-order chi connectivity index (χ0) is 8.81. The van der Waals surface area contributed by atoms with Gasteiger partial charge in [-0.15, -0.1) is 0 Å². The Labute approximate surface area is 70.8 Å². The number of ether oxygens (including phenoxy) is 2. The second kappa shape index (κ2) is 4.69. The van der Waals surface area contributed by atoms with Crippen LogP contribution < -0.4 is 4.74 Å². The highest BCUT2D eigenvalue weighted by Crippen LogP contribution is 2.06. The first-order chi connectivity index (χ1) is 5.83. The van der Waals surface area contributed by atoms with Crippen molar-refractivity contribution in [2.75, 3.05) is 13.7 Å². The number of aromatic nitrogens is 1. The maximum atomic E-state index is 8.95. The van der Waals surface area contributed by atoms with Crippen LogP contribution in [0.4, 0.5) is 0 Å². The number of methoxy groups -OCH3 is 1. The Hall–Kier alpha value is -1.13. The smallest absolute Gasteiger partial charge is 0.188 e. The number of aliphatic hydroxyl groups is 1. The molecule has 1 aromatic heterocycles. The Morgan fingerprint density at radius 2 is 2.50 bits per heavy atom. The van der Waals surface area contributed by atoms with Crippen molar-refractivity contribution in [3.63, 3.8) is 0 Å². The zero-order valence-electron chi connectivity index (χ0n) is 6.80. The van der Waals surface area contributed by atoms with Crippen molar-refractivity contribution < 1.29 is 14.6 Å². The fourth-order valence-electron chi connectivity index (χ4n) is 0.668. The molecule has 1 unspecified atom stereocenters. The molecule has 12 heavy (non-hydrogen) atoms. The summed E-state index contributed by atoms with van der Waals surface area (Å²) in [6, 6.07) is 3.52. The number of pyridine rings is 1. The van der Waals surface area contributed by atoms with Gasteiger partial charge in [-0.1, -0.05) is 0 Å². The Morgan fingerprint density at radius 3 is 3.08 bits per heavy atom. The molecule has 0 spiro atoms. The molecule has 1 heterocycles. The van der Waals surface area contributed by atoms with Gasteiger partial charge in [-0.25, -0.2) is 0 Å². The van der Waals surface area contributed by atoms with E-state index in [4.69, 9.17) is 9.84 Å². The van der Waals surface area contributed by atoms with E-state index in [1.807, 2.05) is 0 Å². The van der Waals surface area contributed by atoms with Gasteiger partial charge in [0.25, 0.3) is 0 Å². The lowest BCUT2D eigenvalue weighted by Crippen LogP contribution is -2.19. The Morgan fingerprint density at radius 1 is 1.67 bits per heavy atom. The molecule has 0 saturated heterocycles. The predicted octanol–water partition coefficient (Wildman–Crippen LogP) is 0.425. The quantitative estimate of drug-likeness (QED) is 0.664. The standard InChI is InChI=1S/C8H11NO3/c1-11-8(10)6-12-7-3-2-4-9-5-7/h2-5,8,10H,6H2,1H3. The molecule has 0 fully saturated rings. The minimum atomic E-state index is -0.884. The van der Waals surface area contributed by atoms with Crippen LogP contribution in [-0.2, 0) is 4.74 Å². The van der Waals surface area contributed by atoms with Gasteiger partial charge in [0.1, 0.15) is 12.4 Å². The van der Waals surface area contributed by atoms with Gasteiger partial charge >= 0.3 is 0 Å². The fraction of sp³-hybridized carbons (Fsp3) is 0.375. The zero-order valence-corrected chi connectivity index (χ0v) is 6.80. The first kappa shape index (κ1) is 8.96. The summed E-state index contributed by atoms with van der Waals surface area (Å²) < 4.78 is 9.70. The fourth-order valence-corrected chi connectivity index (χ4v) is 0.668. The minimum absolute atomic E-state index is 0.113. The van der Waals surface area contributed by atoms with Crippen LogP contribution in [0.3, 0.4) is 0 Å². The molecule has 1 N–H and O–H groups in total. The third-order valence-corrected chi connectivity index (χ3v) is 1.30. The van der Waals surface area contributed by atoms with Crippen LogP contribution in [-0.4, -0.2) is 30.1 Å². The lowest BCUT2D eigenvalue weighted by atomic mass is 10.5. The van der Waals surface area contributed by atoms with Crippen LogP contribution in [0.15, 0.2) is 24.5 Å². The topological polar surface area (TPSA) is 51.6 Å². The van der Waals surface area contributed by atoms with Crippen molar-refractivity contribution in [3.8, 4) is 5.75 Å². The van der Waals surface area contributed by atoms with E-state index in [9.17, 15) is 0 Å². The molecule has 1 rings (SSSR count). The van der Waals surface area contributed by atoms with Crippen LogP contribution >= 0.6 is 0 Å². The number of aliphatic hydroxyl groups excluding tert-OH is 1. The molecule has 66 valence electrons. The lowest BCUT2D eigenvalue weighted by Gasteiger charge is -2.09. The van der Waals surface area contributed by atoms with Crippen molar-refractivity contribution in [2.45, 2.75) is 6.29 Å². The average molecular weight is 169 g/mol. The number of hydrogen-bond donors (Lipinski definition) is 1. The second-order valence-corrected chi connectivity index (χ2v) is 2.19. The highest BCUT2D eigenvalue weighted by Gasteiger charge is 2.01. The first-order valence-corrected chi connectivity index (χ1v) is 3.56. The largest absolute Gasteiger partial charge is 0.487 e. The average Bonchev–Trinajstić information content (AvgIpc) is 2.16. The highest BCUT2D eigenvalue weighted by molar-refractivity contribution is 5.15. The van der Waals surface area contributed by atoms with Gasteiger partial charge in [0.15, 0.2) is 6.29 Å². The van der Waals surface area contributed by atoms with Crippen molar-refractivity contribution >= 4 is 0 Å². The Bertz CT molecular complexity index is 215. The molecule has 0 saturated carbocycles. The highest BCUT2D eigenvalue weighted by atomic mass is 16.6. The molecule has 4 heteroatoms. The molecule has 4 nitrogen and oxygen atoms in total. The molecule has 0 radical (unpaired) electrons. The van der Waals surface area contributed by atoms with Crippen LogP contribution in [0.1, 0.15) is 0 Å². The van der Waals surface area contributed by atoms with Gasteiger partial charge in [-0.2, -0.15) is 0 Å². The number of nitrogens with zero attached hydrogens (tertiary/aromatic N) is 1. The van der Waals surface area contributed by atoms with Gasteiger partial charge in [-0.3, -0.25) is 4.98 Å². The van der Waals surface area contributed by atoms with Crippen molar-refractivity contribution in [2.24, 2.45) is 0 Å². The Balaban J connectivity index is 2.33. The first-order valence-electron chi connectivity index (χ1n) is 3.56. The normalized spacial score (nSPS) is 12.5. The summed E-state index contributed by atoms with van der Waals surface area (Å²) in [7, 11) is 1.41. The summed E-state index contributed by atoms with van der Waals surface area (Å²) in [5, 5.41) is 8.95. The van der Waals surface area contributed by atoms with Crippen LogP contribution in [0.5, 0.6) is 5.75 Å². The van der Waals surface area contributed by atoms with Gasteiger partial charge in [0, 0.05) is 13.3 Å². The van der Waals surface area contributed by atoms with E-state index in [1.165, 1.54) is 7.11 Å². The molecule has 0 aromatic carbocycles. The molecule has 0 bridgehead atoms. The maximum Gasteiger partial charge on any atom is 0.188 e. The molecule has 1 aromatic rings. The molecule has 1 atom stereocenters. The summed E-state index contributed by atoms with van der Waals surface area (Å²) in [5.74, 6) is 0.619. The van der Waals surface area contributed by atoms with Gasteiger partial charge in [0.05, 0.1) is 6.20 Å². The molecule has 0 aliphatic carbocycles. The SMILES string of the molecule is COC(O)COc1cccnc1. The molecule has 0 aliphatic heterocycles. The van der Waals surface area contributed by atoms with E-state index in [2.05, 4.69) is 9.72 Å².